The van der Waals surface area contributed by atoms with Crippen LogP contribution in [0.3, 0.4) is 0 Å². The van der Waals surface area contributed by atoms with Crippen LogP contribution in [0.1, 0.15) is 59.6 Å². The summed E-state index contributed by atoms with van der Waals surface area (Å²) in [5.41, 5.74) is 10.8. The van der Waals surface area contributed by atoms with Crippen LogP contribution >= 0.6 is 0 Å². The zero-order valence-corrected chi connectivity index (χ0v) is 17.9. The van der Waals surface area contributed by atoms with Gasteiger partial charge in [-0.3, -0.25) is 4.79 Å². The molecule has 32 heavy (non-hydrogen) atoms. The van der Waals surface area contributed by atoms with Crippen LogP contribution in [-0.2, 0) is 6.61 Å². The van der Waals surface area contributed by atoms with Crippen molar-refractivity contribution in [3.63, 3.8) is 0 Å². The Morgan fingerprint density at radius 3 is 2.47 bits per heavy atom. The van der Waals surface area contributed by atoms with Gasteiger partial charge in [0.25, 0.3) is 5.91 Å². The van der Waals surface area contributed by atoms with Gasteiger partial charge in [-0.15, -0.1) is 0 Å². The van der Waals surface area contributed by atoms with E-state index in [9.17, 15) is 4.79 Å². The first kappa shape index (κ1) is 20.2. The molecule has 0 saturated heterocycles. The van der Waals surface area contributed by atoms with Gasteiger partial charge in [0.2, 0.25) is 0 Å². The normalized spacial score (nSPS) is 14.5. The lowest BCUT2D eigenvalue weighted by atomic mass is 9.84. The van der Waals surface area contributed by atoms with Gasteiger partial charge in [0.15, 0.2) is 5.65 Å². The summed E-state index contributed by atoms with van der Waals surface area (Å²) in [6.07, 6.45) is 9.26. The molecule has 1 saturated carbocycles. The molecule has 0 spiro atoms. The van der Waals surface area contributed by atoms with Gasteiger partial charge in [-0.1, -0.05) is 61.7 Å². The molecule has 1 amide bonds. The van der Waals surface area contributed by atoms with Crippen LogP contribution in [0.25, 0.3) is 16.8 Å². The second kappa shape index (κ2) is 8.83. The van der Waals surface area contributed by atoms with E-state index in [0.29, 0.717) is 23.7 Å². The fourth-order valence-electron chi connectivity index (χ4n) is 4.59. The molecule has 1 aliphatic rings. The molecule has 4 aromatic rings. The van der Waals surface area contributed by atoms with E-state index in [-0.39, 0.29) is 0 Å². The second-order valence-corrected chi connectivity index (χ2v) is 8.35. The minimum absolute atomic E-state index is 0.360. The van der Waals surface area contributed by atoms with Gasteiger partial charge in [0.05, 0.1) is 11.9 Å². The molecular weight excluding hydrogens is 400 g/mol. The first-order chi connectivity index (χ1) is 15.7. The standard InChI is InChI=1S/C26H26N4O2/c27-25(31)23-16-29-30-24(20-9-5-2-6-10-20)22(15-28-26(23)30)19-11-13-21(14-12-19)32-17-18-7-3-1-4-8-18/h1,3-4,7-8,11-16,20H,2,5-6,9-10,17H2,(H2,27,31). The number of carbonyl (C=O) groups excluding carboxylic acids is 1. The van der Waals surface area contributed by atoms with Crippen molar-refractivity contribution in [3.05, 3.63) is 83.8 Å². The fraction of sp³-hybridized carbons (Fsp3) is 0.269. The SMILES string of the molecule is NC(=O)c1cnn2c(C3CCCCC3)c(-c3ccc(OCc4ccccc4)cc3)cnc12. The van der Waals surface area contributed by atoms with Gasteiger partial charge in [0.1, 0.15) is 17.9 Å². The van der Waals surface area contributed by atoms with E-state index >= 15 is 0 Å². The lowest BCUT2D eigenvalue weighted by Gasteiger charge is -2.25. The molecule has 6 nitrogen and oxygen atoms in total. The lowest BCUT2D eigenvalue weighted by Crippen LogP contribution is -2.14. The summed E-state index contributed by atoms with van der Waals surface area (Å²) in [4.78, 5) is 16.4. The third kappa shape index (κ3) is 3.96. The van der Waals surface area contributed by atoms with Crippen LogP contribution in [0.2, 0.25) is 0 Å². The van der Waals surface area contributed by atoms with E-state index < -0.39 is 5.91 Å². The average Bonchev–Trinajstić information content (AvgIpc) is 3.28. The molecule has 162 valence electrons. The van der Waals surface area contributed by atoms with Crippen molar-refractivity contribution >= 4 is 11.6 Å². The number of benzene rings is 2. The number of hydrogen-bond donors (Lipinski definition) is 1. The molecule has 2 heterocycles. The molecule has 2 N–H and O–H groups in total. The zero-order chi connectivity index (χ0) is 21.9. The Morgan fingerprint density at radius 1 is 1.00 bits per heavy atom. The summed E-state index contributed by atoms with van der Waals surface area (Å²) < 4.78 is 7.77. The van der Waals surface area contributed by atoms with Crippen molar-refractivity contribution in [2.24, 2.45) is 5.73 Å². The first-order valence-corrected chi connectivity index (χ1v) is 11.1. The van der Waals surface area contributed by atoms with Gasteiger partial charge < -0.3 is 10.5 Å². The molecular formula is C26H26N4O2. The molecule has 1 aliphatic carbocycles. The Morgan fingerprint density at radius 2 is 1.75 bits per heavy atom. The number of ether oxygens (including phenoxy) is 1. The maximum Gasteiger partial charge on any atom is 0.254 e. The quantitative estimate of drug-likeness (QED) is 0.464. The van der Waals surface area contributed by atoms with Crippen LogP contribution in [-0.4, -0.2) is 20.5 Å². The van der Waals surface area contributed by atoms with Crippen LogP contribution in [0, 0.1) is 0 Å². The van der Waals surface area contributed by atoms with Gasteiger partial charge >= 0.3 is 0 Å². The highest BCUT2D eigenvalue weighted by Gasteiger charge is 2.25. The molecule has 0 atom stereocenters. The van der Waals surface area contributed by atoms with Crippen molar-refractivity contribution in [1.82, 2.24) is 14.6 Å². The van der Waals surface area contributed by atoms with E-state index in [2.05, 4.69) is 34.3 Å². The van der Waals surface area contributed by atoms with E-state index in [1.54, 1.807) is 0 Å². The van der Waals surface area contributed by atoms with Crippen LogP contribution in [0.4, 0.5) is 0 Å². The summed E-state index contributed by atoms with van der Waals surface area (Å²) in [5, 5.41) is 4.51. The number of fused-ring (bicyclic) bond motifs is 1. The largest absolute Gasteiger partial charge is 0.489 e. The van der Waals surface area contributed by atoms with E-state index in [1.807, 2.05) is 41.0 Å². The molecule has 2 aromatic carbocycles. The molecule has 6 heteroatoms. The van der Waals surface area contributed by atoms with Crippen molar-refractivity contribution < 1.29 is 9.53 Å². The van der Waals surface area contributed by atoms with E-state index in [0.717, 1.165) is 41.0 Å². The molecule has 0 unspecified atom stereocenters. The number of carbonyl (C=O) groups is 1. The van der Waals surface area contributed by atoms with Gasteiger partial charge in [-0.2, -0.15) is 5.10 Å². The Bertz CT molecular complexity index is 1230. The lowest BCUT2D eigenvalue weighted by molar-refractivity contribution is 0.100. The highest BCUT2D eigenvalue weighted by molar-refractivity contribution is 5.98. The maximum atomic E-state index is 11.8. The molecule has 0 radical (unpaired) electrons. The molecule has 0 bridgehead atoms. The maximum absolute atomic E-state index is 11.8. The van der Waals surface area contributed by atoms with Crippen LogP contribution in [0.15, 0.2) is 67.0 Å². The number of nitrogens with zero attached hydrogens (tertiary/aromatic N) is 3. The highest BCUT2D eigenvalue weighted by Crippen LogP contribution is 2.38. The van der Waals surface area contributed by atoms with Crippen molar-refractivity contribution in [2.45, 2.75) is 44.6 Å². The number of amides is 1. The smallest absolute Gasteiger partial charge is 0.254 e. The minimum Gasteiger partial charge on any atom is -0.489 e. The summed E-state index contributed by atoms with van der Waals surface area (Å²) in [5.74, 6) is 0.689. The Hall–Kier alpha value is -3.67. The van der Waals surface area contributed by atoms with Gasteiger partial charge in [-0.05, 0) is 36.1 Å². The van der Waals surface area contributed by atoms with Crippen molar-refractivity contribution in [2.75, 3.05) is 0 Å². The first-order valence-electron chi connectivity index (χ1n) is 11.1. The van der Waals surface area contributed by atoms with Crippen molar-refractivity contribution in [3.8, 4) is 16.9 Å². The number of rotatable bonds is 6. The van der Waals surface area contributed by atoms with Gasteiger partial charge in [0, 0.05) is 17.7 Å². The number of aromatic nitrogens is 3. The summed E-state index contributed by atoms with van der Waals surface area (Å²) >= 11 is 0. The van der Waals surface area contributed by atoms with E-state index in [1.165, 1.54) is 25.5 Å². The highest BCUT2D eigenvalue weighted by atomic mass is 16.5. The number of hydrogen-bond acceptors (Lipinski definition) is 4. The predicted molar refractivity (Wildman–Crippen MR) is 124 cm³/mol. The zero-order valence-electron chi connectivity index (χ0n) is 17.9. The minimum atomic E-state index is -0.505. The number of nitrogens with two attached hydrogens (primary N) is 1. The van der Waals surface area contributed by atoms with Crippen LogP contribution < -0.4 is 10.5 Å². The fourth-order valence-corrected chi connectivity index (χ4v) is 4.59. The Kier molecular flexibility index (Phi) is 5.58. The third-order valence-electron chi connectivity index (χ3n) is 6.23. The summed E-state index contributed by atoms with van der Waals surface area (Å²) in [6, 6.07) is 18.2. The van der Waals surface area contributed by atoms with Gasteiger partial charge in [-0.25, -0.2) is 9.50 Å². The Balaban J connectivity index is 1.49. The summed E-state index contributed by atoms with van der Waals surface area (Å²) in [7, 11) is 0. The molecule has 0 aliphatic heterocycles. The second-order valence-electron chi connectivity index (χ2n) is 8.35. The molecule has 2 aromatic heterocycles. The van der Waals surface area contributed by atoms with E-state index in [4.69, 9.17) is 10.5 Å². The average molecular weight is 427 g/mol. The predicted octanol–water partition coefficient (Wildman–Crippen LogP) is 5.12. The Labute approximate surface area is 187 Å². The molecule has 5 rings (SSSR count). The van der Waals surface area contributed by atoms with Crippen molar-refractivity contribution in [1.29, 1.82) is 0 Å². The third-order valence-corrected chi connectivity index (χ3v) is 6.23. The monoisotopic (exact) mass is 426 g/mol. The number of primary amides is 1. The molecule has 1 fully saturated rings. The summed E-state index contributed by atoms with van der Waals surface area (Å²) in [6.45, 7) is 0.532. The van der Waals surface area contributed by atoms with Crippen LogP contribution in [0.5, 0.6) is 5.75 Å². The topological polar surface area (TPSA) is 82.5 Å².